The van der Waals surface area contributed by atoms with E-state index in [9.17, 15) is 9.59 Å². The minimum atomic E-state index is -0.0625. The molecule has 2 heterocycles. The number of fused-ring (bicyclic) bond motifs is 1. The summed E-state index contributed by atoms with van der Waals surface area (Å²) in [6.07, 6.45) is 4.53. The highest BCUT2D eigenvalue weighted by atomic mass is 16.2. The fourth-order valence-electron chi connectivity index (χ4n) is 2.90. The molecular formula is C19H21N3O2. The lowest BCUT2D eigenvalue weighted by molar-refractivity contribution is -0.116. The first-order valence-electron chi connectivity index (χ1n) is 8.19. The molecule has 0 fully saturated rings. The highest BCUT2D eigenvalue weighted by molar-refractivity contribution is 6.07. The molecule has 1 aliphatic rings. The lowest BCUT2D eigenvalue weighted by atomic mass is 10.1. The fraction of sp³-hybridized carbons (Fsp3) is 0.316. The van der Waals surface area contributed by atoms with Gasteiger partial charge in [-0.25, -0.2) is 0 Å². The Morgan fingerprint density at radius 1 is 1.29 bits per heavy atom. The Balaban J connectivity index is 1.81. The summed E-state index contributed by atoms with van der Waals surface area (Å²) in [6, 6.07) is 9.29. The second kappa shape index (κ2) is 6.83. The van der Waals surface area contributed by atoms with Crippen molar-refractivity contribution in [3.05, 3.63) is 53.9 Å². The maximum Gasteiger partial charge on any atom is 0.259 e. The van der Waals surface area contributed by atoms with Gasteiger partial charge in [-0.1, -0.05) is 19.9 Å². The Labute approximate surface area is 141 Å². The molecule has 0 aliphatic carbocycles. The summed E-state index contributed by atoms with van der Waals surface area (Å²) < 4.78 is 0. The van der Waals surface area contributed by atoms with Gasteiger partial charge in [-0.3, -0.25) is 14.6 Å². The number of hydrogen-bond acceptors (Lipinski definition) is 3. The molecule has 0 saturated heterocycles. The van der Waals surface area contributed by atoms with Crippen LogP contribution in [0.2, 0.25) is 0 Å². The number of benzene rings is 1. The van der Waals surface area contributed by atoms with Crippen molar-refractivity contribution in [1.29, 1.82) is 0 Å². The third-order valence-electron chi connectivity index (χ3n) is 4.01. The van der Waals surface area contributed by atoms with Crippen LogP contribution < -0.4 is 10.2 Å². The standard InChI is InChI=1S/C19H21N3O2/c1-13(2)10-18(23)21-16-6-5-14-7-9-22(17(14)11-16)19(24)15-4-3-8-20-12-15/h3-6,8,11-13H,7,9-10H2,1-2H3,(H,21,23). The second-order valence-corrected chi connectivity index (χ2v) is 6.44. The van der Waals surface area contributed by atoms with E-state index in [4.69, 9.17) is 0 Å². The van der Waals surface area contributed by atoms with E-state index in [1.165, 1.54) is 0 Å². The Morgan fingerprint density at radius 3 is 2.83 bits per heavy atom. The lowest BCUT2D eigenvalue weighted by Gasteiger charge is -2.18. The van der Waals surface area contributed by atoms with Crippen molar-refractivity contribution in [3.63, 3.8) is 0 Å². The third kappa shape index (κ3) is 3.45. The van der Waals surface area contributed by atoms with Gasteiger partial charge in [-0.05, 0) is 42.2 Å². The Bertz CT molecular complexity index is 756. The molecule has 0 unspecified atom stereocenters. The Kier molecular flexibility index (Phi) is 4.60. The van der Waals surface area contributed by atoms with Gasteiger partial charge in [0.25, 0.3) is 5.91 Å². The molecule has 0 radical (unpaired) electrons. The van der Waals surface area contributed by atoms with Crippen LogP contribution in [-0.4, -0.2) is 23.3 Å². The number of carbonyl (C=O) groups excluding carboxylic acids is 2. The van der Waals surface area contributed by atoms with Crippen LogP contribution >= 0.6 is 0 Å². The van der Waals surface area contributed by atoms with E-state index in [2.05, 4.69) is 10.3 Å². The van der Waals surface area contributed by atoms with Crippen LogP contribution in [0.15, 0.2) is 42.7 Å². The van der Waals surface area contributed by atoms with Gasteiger partial charge >= 0.3 is 0 Å². The molecule has 0 saturated carbocycles. The van der Waals surface area contributed by atoms with Gasteiger partial charge in [0, 0.05) is 36.7 Å². The number of carbonyl (C=O) groups is 2. The van der Waals surface area contributed by atoms with Crippen LogP contribution in [0.1, 0.15) is 36.2 Å². The Hall–Kier alpha value is -2.69. The van der Waals surface area contributed by atoms with Crippen molar-refractivity contribution in [2.75, 3.05) is 16.8 Å². The van der Waals surface area contributed by atoms with Gasteiger partial charge in [0.15, 0.2) is 0 Å². The van der Waals surface area contributed by atoms with Crippen LogP contribution in [-0.2, 0) is 11.2 Å². The summed E-state index contributed by atoms with van der Waals surface area (Å²) in [5.41, 5.74) is 3.28. The number of aromatic nitrogens is 1. The van der Waals surface area contributed by atoms with Crippen molar-refractivity contribution in [1.82, 2.24) is 4.98 Å². The van der Waals surface area contributed by atoms with Crippen LogP contribution in [0.5, 0.6) is 0 Å². The van der Waals surface area contributed by atoms with E-state index >= 15 is 0 Å². The second-order valence-electron chi connectivity index (χ2n) is 6.44. The molecule has 1 N–H and O–H groups in total. The van der Waals surface area contributed by atoms with Gasteiger partial charge in [0.1, 0.15) is 0 Å². The summed E-state index contributed by atoms with van der Waals surface area (Å²) in [4.78, 5) is 30.4. The molecule has 1 aromatic carbocycles. The van der Waals surface area contributed by atoms with Crippen LogP contribution in [0.4, 0.5) is 11.4 Å². The number of pyridine rings is 1. The molecule has 0 spiro atoms. The van der Waals surface area contributed by atoms with Crippen molar-refractivity contribution in [2.45, 2.75) is 26.7 Å². The molecule has 2 aromatic rings. The molecule has 124 valence electrons. The molecule has 3 rings (SSSR count). The summed E-state index contributed by atoms with van der Waals surface area (Å²) in [5.74, 6) is 0.240. The van der Waals surface area contributed by atoms with E-state index in [1.807, 2.05) is 32.0 Å². The fourth-order valence-corrected chi connectivity index (χ4v) is 2.90. The number of nitrogens with zero attached hydrogens (tertiary/aromatic N) is 2. The normalized spacial score (nSPS) is 13.0. The molecule has 0 bridgehead atoms. The smallest absolute Gasteiger partial charge is 0.259 e. The summed E-state index contributed by atoms with van der Waals surface area (Å²) >= 11 is 0. The quantitative estimate of drug-likeness (QED) is 0.939. The zero-order chi connectivity index (χ0) is 17.1. The first-order chi connectivity index (χ1) is 11.5. The molecule has 2 amide bonds. The molecule has 5 nitrogen and oxygen atoms in total. The average molecular weight is 323 g/mol. The van der Waals surface area contributed by atoms with Crippen molar-refractivity contribution >= 4 is 23.2 Å². The van der Waals surface area contributed by atoms with Crippen molar-refractivity contribution in [3.8, 4) is 0 Å². The maximum atomic E-state index is 12.7. The maximum absolute atomic E-state index is 12.7. The van der Waals surface area contributed by atoms with Gasteiger partial charge in [0.2, 0.25) is 5.91 Å². The van der Waals surface area contributed by atoms with Crippen molar-refractivity contribution < 1.29 is 9.59 Å². The van der Waals surface area contributed by atoms with E-state index in [0.717, 1.165) is 23.4 Å². The minimum Gasteiger partial charge on any atom is -0.326 e. The molecule has 0 atom stereocenters. The molecule has 24 heavy (non-hydrogen) atoms. The molecular weight excluding hydrogens is 302 g/mol. The summed E-state index contributed by atoms with van der Waals surface area (Å²) in [5, 5.41) is 2.91. The van der Waals surface area contributed by atoms with E-state index in [0.29, 0.717) is 24.4 Å². The first kappa shape index (κ1) is 16.2. The third-order valence-corrected chi connectivity index (χ3v) is 4.01. The number of hydrogen-bond donors (Lipinski definition) is 1. The van der Waals surface area contributed by atoms with E-state index in [1.54, 1.807) is 29.4 Å². The van der Waals surface area contributed by atoms with E-state index in [-0.39, 0.29) is 11.8 Å². The van der Waals surface area contributed by atoms with Gasteiger partial charge in [0.05, 0.1) is 5.56 Å². The van der Waals surface area contributed by atoms with Crippen molar-refractivity contribution in [2.24, 2.45) is 5.92 Å². The zero-order valence-electron chi connectivity index (χ0n) is 14.0. The van der Waals surface area contributed by atoms with E-state index < -0.39 is 0 Å². The topological polar surface area (TPSA) is 62.3 Å². The first-order valence-corrected chi connectivity index (χ1v) is 8.19. The predicted molar refractivity (Wildman–Crippen MR) is 94.1 cm³/mol. The number of nitrogens with one attached hydrogen (secondary N) is 1. The largest absolute Gasteiger partial charge is 0.326 e. The number of anilines is 2. The molecule has 1 aliphatic heterocycles. The summed E-state index contributed by atoms with van der Waals surface area (Å²) in [7, 11) is 0. The number of rotatable bonds is 4. The predicted octanol–water partition coefficient (Wildman–Crippen LogP) is 3.27. The average Bonchev–Trinajstić information content (AvgIpc) is 2.97. The monoisotopic (exact) mass is 323 g/mol. The van der Waals surface area contributed by atoms with Crippen LogP contribution in [0, 0.1) is 5.92 Å². The van der Waals surface area contributed by atoms with Crippen LogP contribution in [0.25, 0.3) is 0 Å². The highest BCUT2D eigenvalue weighted by Gasteiger charge is 2.26. The SMILES string of the molecule is CC(C)CC(=O)Nc1ccc2c(c1)N(C(=O)c1cccnc1)CC2. The highest BCUT2D eigenvalue weighted by Crippen LogP contribution is 2.32. The molecule has 5 heteroatoms. The summed E-state index contributed by atoms with van der Waals surface area (Å²) in [6.45, 7) is 4.67. The van der Waals surface area contributed by atoms with Gasteiger partial charge < -0.3 is 10.2 Å². The van der Waals surface area contributed by atoms with Gasteiger partial charge in [-0.15, -0.1) is 0 Å². The van der Waals surface area contributed by atoms with Gasteiger partial charge in [-0.2, -0.15) is 0 Å². The zero-order valence-corrected chi connectivity index (χ0v) is 14.0. The molecule has 1 aromatic heterocycles. The number of amides is 2. The lowest BCUT2D eigenvalue weighted by Crippen LogP contribution is -2.29. The van der Waals surface area contributed by atoms with Crippen LogP contribution in [0.3, 0.4) is 0 Å². The minimum absolute atomic E-state index is 0.00640. The Morgan fingerprint density at radius 2 is 2.12 bits per heavy atom.